The van der Waals surface area contributed by atoms with E-state index in [1.807, 2.05) is 0 Å². The SMILES string of the molecule is C=C(C#N)C(=O)OCCOCCOCCOCCOC(=O)C(=C)C#N. The summed E-state index contributed by atoms with van der Waals surface area (Å²) in [5.41, 5.74) is -0.513. The average molecular weight is 352 g/mol. The molecule has 25 heavy (non-hydrogen) atoms. The van der Waals surface area contributed by atoms with Gasteiger partial charge in [-0.3, -0.25) is 0 Å². The first-order valence-corrected chi connectivity index (χ1v) is 7.28. The van der Waals surface area contributed by atoms with Crippen molar-refractivity contribution in [2.75, 3.05) is 52.9 Å². The minimum Gasteiger partial charge on any atom is -0.459 e. The molecule has 136 valence electrons. The summed E-state index contributed by atoms with van der Waals surface area (Å²) in [6.07, 6.45) is 0. The summed E-state index contributed by atoms with van der Waals surface area (Å²) in [7, 11) is 0. The maximum atomic E-state index is 11.1. The molecule has 0 radical (unpaired) electrons. The van der Waals surface area contributed by atoms with Crippen molar-refractivity contribution >= 4 is 11.9 Å². The fourth-order valence-corrected chi connectivity index (χ4v) is 1.19. The number of ether oxygens (including phenoxy) is 5. The molecule has 0 aliphatic heterocycles. The molecular formula is C16H20N2O7. The fourth-order valence-electron chi connectivity index (χ4n) is 1.19. The number of rotatable bonds is 14. The summed E-state index contributed by atoms with van der Waals surface area (Å²) in [6, 6.07) is 3.18. The minimum absolute atomic E-state index is 0.0274. The van der Waals surface area contributed by atoms with Crippen LogP contribution in [0, 0.1) is 22.7 Å². The van der Waals surface area contributed by atoms with Gasteiger partial charge < -0.3 is 23.7 Å². The molecule has 9 nitrogen and oxygen atoms in total. The third-order valence-corrected chi connectivity index (χ3v) is 2.43. The van der Waals surface area contributed by atoms with Gasteiger partial charge in [-0.05, 0) is 0 Å². The van der Waals surface area contributed by atoms with Gasteiger partial charge in [-0.25, -0.2) is 9.59 Å². The van der Waals surface area contributed by atoms with Crippen LogP contribution in [0.4, 0.5) is 0 Å². The quantitative estimate of drug-likeness (QED) is 0.187. The van der Waals surface area contributed by atoms with Gasteiger partial charge in [0.1, 0.15) is 36.5 Å². The van der Waals surface area contributed by atoms with Crippen LogP contribution in [0.1, 0.15) is 0 Å². The van der Waals surface area contributed by atoms with Gasteiger partial charge in [0.2, 0.25) is 0 Å². The van der Waals surface area contributed by atoms with E-state index in [-0.39, 0.29) is 37.6 Å². The van der Waals surface area contributed by atoms with Gasteiger partial charge in [0.05, 0.1) is 39.6 Å². The number of nitriles is 2. The van der Waals surface area contributed by atoms with Crippen molar-refractivity contribution < 1.29 is 33.3 Å². The van der Waals surface area contributed by atoms with Crippen LogP contribution >= 0.6 is 0 Å². The van der Waals surface area contributed by atoms with Crippen LogP contribution in [-0.2, 0) is 33.3 Å². The van der Waals surface area contributed by atoms with E-state index in [2.05, 4.69) is 13.2 Å². The van der Waals surface area contributed by atoms with E-state index in [1.165, 1.54) is 0 Å². The second-order valence-corrected chi connectivity index (χ2v) is 4.29. The van der Waals surface area contributed by atoms with Crippen LogP contribution in [0.2, 0.25) is 0 Å². The van der Waals surface area contributed by atoms with Gasteiger partial charge in [0, 0.05) is 0 Å². The maximum absolute atomic E-state index is 11.1. The summed E-state index contributed by atoms with van der Waals surface area (Å²) in [5.74, 6) is -1.52. The molecule has 0 spiro atoms. The van der Waals surface area contributed by atoms with Crippen molar-refractivity contribution in [3.63, 3.8) is 0 Å². The van der Waals surface area contributed by atoms with Crippen molar-refractivity contribution in [3.05, 3.63) is 24.3 Å². The molecule has 0 amide bonds. The van der Waals surface area contributed by atoms with Gasteiger partial charge in [0.15, 0.2) is 0 Å². The van der Waals surface area contributed by atoms with E-state index in [0.717, 1.165) is 0 Å². The zero-order chi connectivity index (χ0) is 18.9. The smallest absolute Gasteiger partial charge is 0.348 e. The molecule has 9 heteroatoms. The van der Waals surface area contributed by atoms with Crippen LogP contribution < -0.4 is 0 Å². The van der Waals surface area contributed by atoms with Crippen molar-refractivity contribution in [3.8, 4) is 12.1 Å². The molecule has 0 fully saturated rings. The molecule has 0 saturated heterocycles. The Morgan fingerprint density at radius 2 is 0.920 bits per heavy atom. The van der Waals surface area contributed by atoms with E-state index in [0.29, 0.717) is 26.4 Å². The molecule has 0 unspecified atom stereocenters. The first-order chi connectivity index (χ1) is 12.0. The Hall–Kier alpha value is -2.72. The highest BCUT2D eigenvalue weighted by molar-refractivity contribution is 5.92. The van der Waals surface area contributed by atoms with E-state index in [4.69, 9.17) is 34.2 Å². The van der Waals surface area contributed by atoms with E-state index in [9.17, 15) is 9.59 Å². The number of carbonyl (C=O) groups is 2. The monoisotopic (exact) mass is 352 g/mol. The van der Waals surface area contributed by atoms with Crippen LogP contribution in [-0.4, -0.2) is 64.8 Å². The summed E-state index contributed by atoms with van der Waals surface area (Å²) in [4.78, 5) is 22.1. The molecule has 0 aromatic heterocycles. The van der Waals surface area contributed by atoms with E-state index < -0.39 is 11.9 Å². The maximum Gasteiger partial charge on any atom is 0.348 e. The molecule has 0 atom stereocenters. The summed E-state index contributed by atoms with van der Waals surface area (Å²) in [6.45, 7) is 8.15. The van der Waals surface area contributed by atoms with Gasteiger partial charge >= 0.3 is 11.9 Å². The second kappa shape index (κ2) is 14.8. The number of carbonyl (C=O) groups excluding carboxylic acids is 2. The second-order valence-electron chi connectivity index (χ2n) is 4.29. The van der Waals surface area contributed by atoms with Crippen molar-refractivity contribution in [2.24, 2.45) is 0 Å². The fraction of sp³-hybridized carbons (Fsp3) is 0.500. The lowest BCUT2D eigenvalue weighted by Crippen LogP contribution is -2.15. The molecule has 0 aromatic rings. The third kappa shape index (κ3) is 12.4. The Labute approximate surface area is 146 Å². The van der Waals surface area contributed by atoms with Crippen LogP contribution in [0.25, 0.3) is 0 Å². The van der Waals surface area contributed by atoms with Crippen molar-refractivity contribution in [1.29, 1.82) is 10.5 Å². The normalized spacial score (nSPS) is 9.52. The van der Waals surface area contributed by atoms with Crippen LogP contribution in [0.15, 0.2) is 24.3 Å². The average Bonchev–Trinajstić information content (AvgIpc) is 2.63. The number of hydrogen-bond acceptors (Lipinski definition) is 9. The van der Waals surface area contributed by atoms with Crippen LogP contribution in [0.5, 0.6) is 0 Å². The zero-order valence-corrected chi connectivity index (χ0v) is 13.8. The van der Waals surface area contributed by atoms with Crippen molar-refractivity contribution in [1.82, 2.24) is 0 Å². The van der Waals surface area contributed by atoms with E-state index in [1.54, 1.807) is 12.1 Å². The Kier molecular flexibility index (Phi) is 13.2. The predicted molar refractivity (Wildman–Crippen MR) is 83.9 cm³/mol. The molecule has 0 heterocycles. The summed E-state index contributed by atoms with van der Waals surface area (Å²) in [5, 5.41) is 16.8. The van der Waals surface area contributed by atoms with Crippen molar-refractivity contribution in [2.45, 2.75) is 0 Å². The highest BCUT2D eigenvalue weighted by Gasteiger charge is 2.07. The standard InChI is InChI=1S/C16H20N2O7/c1-13(11-17)15(19)24-9-7-22-5-3-21-4-6-23-8-10-25-16(20)14(2)12-18/h1-10H2. The Balaban J connectivity index is 3.30. The topological polar surface area (TPSA) is 128 Å². The lowest BCUT2D eigenvalue weighted by Gasteiger charge is -2.07. The molecule has 0 bridgehead atoms. The molecule has 0 rings (SSSR count). The Bertz CT molecular complexity index is 498. The number of esters is 2. The molecule has 0 aliphatic carbocycles. The molecule has 0 aliphatic rings. The van der Waals surface area contributed by atoms with E-state index >= 15 is 0 Å². The number of hydrogen-bond donors (Lipinski definition) is 0. The summed E-state index contributed by atoms with van der Waals surface area (Å²) < 4.78 is 24.9. The van der Waals surface area contributed by atoms with Gasteiger partial charge in [-0.1, -0.05) is 13.2 Å². The first kappa shape index (κ1) is 22.3. The lowest BCUT2D eigenvalue weighted by atomic mass is 10.3. The number of nitrogens with zero attached hydrogens (tertiary/aromatic N) is 2. The highest BCUT2D eigenvalue weighted by atomic mass is 16.6. The predicted octanol–water partition coefficient (Wildman–Crippen LogP) is 0.282. The Morgan fingerprint density at radius 3 is 1.20 bits per heavy atom. The zero-order valence-electron chi connectivity index (χ0n) is 13.8. The van der Waals surface area contributed by atoms with Gasteiger partial charge in [0.25, 0.3) is 0 Å². The molecule has 0 N–H and O–H groups in total. The molecular weight excluding hydrogens is 332 g/mol. The highest BCUT2D eigenvalue weighted by Crippen LogP contribution is 1.93. The first-order valence-electron chi connectivity index (χ1n) is 7.28. The third-order valence-electron chi connectivity index (χ3n) is 2.43. The molecule has 0 saturated carbocycles. The summed E-state index contributed by atoms with van der Waals surface area (Å²) >= 11 is 0. The van der Waals surface area contributed by atoms with Crippen LogP contribution in [0.3, 0.4) is 0 Å². The van der Waals surface area contributed by atoms with Gasteiger partial charge in [-0.2, -0.15) is 10.5 Å². The van der Waals surface area contributed by atoms with Gasteiger partial charge in [-0.15, -0.1) is 0 Å². The minimum atomic E-state index is -0.762. The molecule has 0 aromatic carbocycles. The Morgan fingerprint density at radius 1 is 0.640 bits per heavy atom. The lowest BCUT2D eigenvalue weighted by molar-refractivity contribution is -0.140. The largest absolute Gasteiger partial charge is 0.459 e.